The van der Waals surface area contributed by atoms with E-state index in [4.69, 9.17) is 0 Å². The summed E-state index contributed by atoms with van der Waals surface area (Å²) in [5.74, 6) is -0.688. The minimum atomic E-state index is -0.547. The fourth-order valence-corrected chi connectivity index (χ4v) is 2.53. The lowest BCUT2D eigenvalue weighted by atomic mass is 10.0. The van der Waals surface area contributed by atoms with E-state index < -0.39 is 6.04 Å². The first kappa shape index (κ1) is 15.0. The summed E-state index contributed by atoms with van der Waals surface area (Å²) >= 11 is 3.11. The van der Waals surface area contributed by atoms with Crippen molar-refractivity contribution in [2.24, 2.45) is 5.92 Å². The van der Waals surface area contributed by atoms with Gasteiger partial charge >= 0.3 is 0 Å². The zero-order valence-corrected chi connectivity index (χ0v) is 12.9. The van der Waals surface area contributed by atoms with Crippen molar-refractivity contribution >= 4 is 33.4 Å². The van der Waals surface area contributed by atoms with Gasteiger partial charge in [-0.15, -0.1) is 0 Å². The van der Waals surface area contributed by atoms with Crippen molar-refractivity contribution in [2.75, 3.05) is 11.4 Å². The number of carbonyl (C=O) groups excluding carboxylic acids is 2. The molecule has 1 aromatic rings. The van der Waals surface area contributed by atoms with Crippen LogP contribution in [0.25, 0.3) is 0 Å². The maximum Gasteiger partial charge on any atom is 0.249 e. The van der Waals surface area contributed by atoms with Crippen molar-refractivity contribution in [1.82, 2.24) is 5.32 Å². The SMILES string of the molecule is CC(C)C1NC(=O)CCN(c2ccc(F)c(Br)c2)C1=O. The van der Waals surface area contributed by atoms with Gasteiger partial charge in [0.25, 0.3) is 0 Å². The molecule has 0 spiro atoms. The topological polar surface area (TPSA) is 49.4 Å². The Labute approximate surface area is 125 Å². The first-order valence-corrected chi connectivity index (χ1v) is 7.25. The summed E-state index contributed by atoms with van der Waals surface area (Å²) in [5, 5.41) is 2.74. The van der Waals surface area contributed by atoms with E-state index in [2.05, 4.69) is 21.2 Å². The molecular formula is C14H16BrFN2O2. The molecule has 108 valence electrons. The molecule has 1 aliphatic rings. The maximum atomic E-state index is 13.3. The maximum absolute atomic E-state index is 13.3. The van der Waals surface area contributed by atoms with Crippen molar-refractivity contribution in [2.45, 2.75) is 26.3 Å². The number of hydrogen-bond acceptors (Lipinski definition) is 2. The number of carbonyl (C=O) groups is 2. The number of nitrogens with zero attached hydrogens (tertiary/aromatic N) is 1. The summed E-state index contributed by atoms with van der Waals surface area (Å²) in [6, 6.07) is 3.86. The Morgan fingerprint density at radius 2 is 2.10 bits per heavy atom. The molecule has 6 heteroatoms. The third-order valence-electron chi connectivity index (χ3n) is 3.29. The molecule has 1 aliphatic heterocycles. The van der Waals surface area contributed by atoms with E-state index >= 15 is 0 Å². The second-order valence-electron chi connectivity index (χ2n) is 5.13. The van der Waals surface area contributed by atoms with Crippen LogP contribution in [0.2, 0.25) is 0 Å². The van der Waals surface area contributed by atoms with Gasteiger partial charge in [-0.25, -0.2) is 4.39 Å². The smallest absolute Gasteiger partial charge is 0.249 e. The zero-order valence-electron chi connectivity index (χ0n) is 11.3. The number of benzene rings is 1. The van der Waals surface area contributed by atoms with E-state index in [1.165, 1.54) is 11.0 Å². The highest BCUT2D eigenvalue weighted by Crippen LogP contribution is 2.25. The van der Waals surface area contributed by atoms with E-state index in [0.29, 0.717) is 16.7 Å². The third-order valence-corrected chi connectivity index (χ3v) is 3.90. The Morgan fingerprint density at radius 1 is 1.40 bits per heavy atom. The van der Waals surface area contributed by atoms with Gasteiger partial charge < -0.3 is 10.2 Å². The van der Waals surface area contributed by atoms with Gasteiger partial charge in [0.2, 0.25) is 11.8 Å². The molecule has 1 aromatic carbocycles. The summed E-state index contributed by atoms with van der Waals surface area (Å²) < 4.78 is 13.6. The van der Waals surface area contributed by atoms with Crippen LogP contribution in [0, 0.1) is 11.7 Å². The Morgan fingerprint density at radius 3 is 2.70 bits per heavy atom. The van der Waals surface area contributed by atoms with E-state index in [1.807, 2.05) is 13.8 Å². The van der Waals surface area contributed by atoms with Crippen LogP contribution in [-0.2, 0) is 9.59 Å². The molecule has 1 saturated heterocycles. The lowest BCUT2D eigenvalue weighted by molar-refractivity contribution is -0.126. The number of hydrogen-bond donors (Lipinski definition) is 1. The van der Waals surface area contributed by atoms with Crippen LogP contribution < -0.4 is 10.2 Å². The van der Waals surface area contributed by atoms with E-state index in [1.54, 1.807) is 12.1 Å². The quantitative estimate of drug-likeness (QED) is 0.897. The zero-order chi connectivity index (χ0) is 14.9. The first-order valence-electron chi connectivity index (χ1n) is 6.46. The average molecular weight is 343 g/mol. The molecule has 0 aromatic heterocycles. The molecule has 1 heterocycles. The van der Waals surface area contributed by atoms with Crippen molar-refractivity contribution < 1.29 is 14.0 Å². The van der Waals surface area contributed by atoms with E-state index in [0.717, 1.165) is 0 Å². The number of nitrogens with one attached hydrogen (secondary N) is 1. The largest absolute Gasteiger partial charge is 0.344 e. The molecule has 4 nitrogen and oxygen atoms in total. The second-order valence-corrected chi connectivity index (χ2v) is 5.98. The van der Waals surface area contributed by atoms with Crippen LogP contribution in [0.5, 0.6) is 0 Å². The minimum Gasteiger partial charge on any atom is -0.344 e. The van der Waals surface area contributed by atoms with E-state index in [9.17, 15) is 14.0 Å². The molecule has 0 radical (unpaired) electrons. The van der Waals surface area contributed by atoms with Gasteiger partial charge in [-0.3, -0.25) is 9.59 Å². The first-order chi connectivity index (χ1) is 9.40. The Balaban J connectivity index is 2.35. The summed E-state index contributed by atoms with van der Waals surface area (Å²) in [4.78, 5) is 25.7. The highest BCUT2D eigenvalue weighted by atomic mass is 79.9. The molecule has 1 N–H and O–H groups in total. The van der Waals surface area contributed by atoms with Gasteiger partial charge in [-0.05, 0) is 40.0 Å². The van der Waals surface area contributed by atoms with Gasteiger partial charge in [0, 0.05) is 18.7 Å². The Hall–Kier alpha value is -1.43. The highest BCUT2D eigenvalue weighted by Gasteiger charge is 2.32. The van der Waals surface area contributed by atoms with Gasteiger partial charge in [0.1, 0.15) is 11.9 Å². The summed E-state index contributed by atoms with van der Waals surface area (Å²) in [6.07, 6.45) is 0.240. The van der Waals surface area contributed by atoms with Crippen LogP contribution in [0.4, 0.5) is 10.1 Å². The average Bonchev–Trinajstić information content (AvgIpc) is 2.53. The van der Waals surface area contributed by atoms with Crippen LogP contribution in [0.3, 0.4) is 0 Å². The van der Waals surface area contributed by atoms with Gasteiger partial charge in [-0.2, -0.15) is 0 Å². The molecule has 0 bridgehead atoms. The highest BCUT2D eigenvalue weighted by molar-refractivity contribution is 9.10. The molecule has 1 unspecified atom stereocenters. The van der Waals surface area contributed by atoms with Crippen LogP contribution in [0.1, 0.15) is 20.3 Å². The number of anilines is 1. The number of halogens is 2. The summed E-state index contributed by atoms with van der Waals surface area (Å²) in [6.45, 7) is 4.06. The predicted molar refractivity (Wildman–Crippen MR) is 77.8 cm³/mol. The normalized spacial score (nSPS) is 20.1. The minimum absolute atomic E-state index is 0.00376. The summed E-state index contributed by atoms with van der Waals surface area (Å²) in [7, 11) is 0. The molecule has 0 saturated carbocycles. The third kappa shape index (κ3) is 3.00. The van der Waals surface area contributed by atoms with Crippen molar-refractivity contribution in [3.05, 3.63) is 28.5 Å². The lowest BCUT2D eigenvalue weighted by Gasteiger charge is -2.26. The Kier molecular flexibility index (Phi) is 4.42. The summed E-state index contributed by atoms with van der Waals surface area (Å²) in [5.41, 5.74) is 0.588. The second kappa shape index (κ2) is 5.91. The molecule has 2 rings (SSSR count). The van der Waals surface area contributed by atoms with Crippen LogP contribution in [-0.4, -0.2) is 24.4 Å². The van der Waals surface area contributed by atoms with Crippen molar-refractivity contribution in [3.63, 3.8) is 0 Å². The molecule has 1 fully saturated rings. The fraction of sp³-hybridized carbons (Fsp3) is 0.429. The van der Waals surface area contributed by atoms with Gasteiger partial charge in [0.15, 0.2) is 0 Å². The number of amides is 2. The van der Waals surface area contributed by atoms with Crippen LogP contribution >= 0.6 is 15.9 Å². The van der Waals surface area contributed by atoms with Crippen molar-refractivity contribution in [1.29, 1.82) is 0 Å². The van der Waals surface area contributed by atoms with Crippen LogP contribution in [0.15, 0.2) is 22.7 Å². The standard InChI is InChI=1S/C14H16BrFN2O2/c1-8(2)13-14(20)18(6-5-12(19)17-13)9-3-4-11(16)10(15)7-9/h3-4,7-8,13H,5-6H2,1-2H3,(H,17,19). The predicted octanol–water partition coefficient (Wildman–Crippen LogP) is 2.47. The molecular weight excluding hydrogens is 327 g/mol. The van der Waals surface area contributed by atoms with E-state index in [-0.39, 0.29) is 30.0 Å². The van der Waals surface area contributed by atoms with Crippen molar-refractivity contribution in [3.8, 4) is 0 Å². The lowest BCUT2D eigenvalue weighted by Crippen LogP contribution is -2.47. The molecule has 20 heavy (non-hydrogen) atoms. The Bertz CT molecular complexity index is 548. The molecule has 1 atom stereocenters. The monoisotopic (exact) mass is 342 g/mol. The molecule has 2 amide bonds. The number of rotatable bonds is 2. The fourth-order valence-electron chi connectivity index (χ4n) is 2.16. The van der Waals surface area contributed by atoms with Gasteiger partial charge in [-0.1, -0.05) is 13.8 Å². The van der Waals surface area contributed by atoms with Gasteiger partial charge in [0.05, 0.1) is 4.47 Å². The molecule has 0 aliphatic carbocycles.